The molecule has 2 aromatic rings. The number of benzene rings is 2. The molecule has 0 fully saturated rings. The fourth-order valence-corrected chi connectivity index (χ4v) is 4.58. The van der Waals surface area contributed by atoms with Crippen molar-refractivity contribution in [2.75, 3.05) is 26.9 Å². The van der Waals surface area contributed by atoms with Crippen molar-refractivity contribution in [2.24, 2.45) is 0 Å². The monoisotopic (exact) mass is 651 g/mol. The van der Waals surface area contributed by atoms with Crippen molar-refractivity contribution in [1.82, 2.24) is 10.6 Å². The SMILES string of the molecule is COC(=O)C1=C(C(F)(F)F)NC(C)=C(C(=O)OCC(C)Oc2ccc(OCC(O)CNC(C)C)cc2)C1c1cccc([N+](=O)[O-])c1. The number of ether oxygens (including phenoxy) is 4. The van der Waals surface area contributed by atoms with Crippen LogP contribution in [0.3, 0.4) is 0 Å². The first-order chi connectivity index (χ1) is 21.6. The number of carbonyl (C=O) groups is 2. The number of rotatable bonds is 14. The van der Waals surface area contributed by atoms with E-state index in [9.17, 15) is 38.0 Å². The lowest BCUT2D eigenvalue weighted by Crippen LogP contribution is -2.38. The number of aliphatic hydroxyl groups excluding tert-OH is 1. The Labute approximate surface area is 263 Å². The third-order valence-corrected chi connectivity index (χ3v) is 6.70. The molecule has 0 bridgehead atoms. The molecule has 46 heavy (non-hydrogen) atoms. The van der Waals surface area contributed by atoms with Gasteiger partial charge < -0.3 is 34.7 Å². The average Bonchev–Trinajstić information content (AvgIpc) is 3.00. The van der Waals surface area contributed by atoms with E-state index in [1.165, 1.54) is 19.1 Å². The number of allylic oxidation sites excluding steroid dienone is 2. The summed E-state index contributed by atoms with van der Waals surface area (Å²) >= 11 is 0. The van der Waals surface area contributed by atoms with E-state index < -0.39 is 58.1 Å². The molecule has 2 aromatic carbocycles. The van der Waals surface area contributed by atoms with Crippen LogP contribution in [0.1, 0.15) is 39.2 Å². The Hall–Kier alpha value is -4.63. The van der Waals surface area contributed by atoms with Gasteiger partial charge >= 0.3 is 18.1 Å². The molecule has 0 radical (unpaired) electrons. The van der Waals surface area contributed by atoms with Crippen molar-refractivity contribution in [3.05, 3.63) is 86.7 Å². The van der Waals surface area contributed by atoms with Crippen molar-refractivity contribution in [3.63, 3.8) is 0 Å². The van der Waals surface area contributed by atoms with Gasteiger partial charge in [-0.15, -0.1) is 0 Å². The van der Waals surface area contributed by atoms with Crippen molar-refractivity contribution in [2.45, 2.75) is 58.0 Å². The zero-order valence-corrected chi connectivity index (χ0v) is 25.8. The predicted octanol–water partition coefficient (Wildman–Crippen LogP) is 4.29. The zero-order valence-electron chi connectivity index (χ0n) is 25.8. The van der Waals surface area contributed by atoms with Crippen LogP contribution in [-0.4, -0.2) is 73.3 Å². The Balaban J connectivity index is 1.77. The van der Waals surface area contributed by atoms with Gasteiger partial charge in [0.15, 0.2) is 0 Å². The fourth-order valence-electron chi connectivity index (χ4n) is 4.58. The molecule has 3 N–H and O–H groups in total. The number of hydrogen-bond donors (Lipinski definition) is 3. The van der Waals surface area contributed by atoms with E-state index in [0.717, 1.165) is 19.2 Å². The normalized spacial score (nSPS) is 16.4. The lowest BCUT2D eigenvalue weighted by molar-refractivity contribution is -0.384. The van der Waals surface area contributed by atoms with Crippen LogP contribution in [0.2, 0.25) is 0 Å². The summed E-state index contributed by atoms with van der Waals surface area (Å²) in [6.45, 7) is 6.82. The Morgan fingerprint density at radius 2 is 1.70 bits per heavy atom. The first kappa shape index (κ1) is 35.8. The van der Waals surface area contributed by atoms with Gasteiger partial charge in [0, 0.05) is 30.4 Å². The van der Waals surface area contributed by atoms with E-state index in [4.69, 9.17) is 14.2 Å². The minimum atomic E-state index is -5.06. The number of non-ortho nitro benzene ring substituents is 1. The van der Waals surface area contributed by atoms with Crippen LogP contribution in [-0.2, 0) is 19.1 Å². The molecule has 3 atom stereocenters. The van der Waals surface area contributed by atoms with E-state index in [0.29, 0.717) is 18.0 Å². The lowest BCUT2D eigenvalue weighted by Gasteiger charge is -2.32. The van der Waals surface area contributed by atoms with Gasteiger partial charge in [-0.1, -0.05) is 26.0 Å². The number of methoxy groups -OCH3 is 1. The van der Waals surface area contributed by atoms with E-state index in [-0.39, 0.29) is 36.1 Å². The topological polar surface area (TPSA) is 158 Å². The largest absolute Gasteiger partial charge is 0.491 e. The highest BCUT2D eigenvalue weighted by Gasteiger charge is 2.47. The standard InChI is InChI=1S/C31H36F3N3O9/c1-17(2)35-14-22(38)16-44-23-9-11-24(12-10-23)46-18(3)15-45-30(40)25-19(4)36-28(31(32,33)34)27(29(39)43-5)26(25)20-7-6-8-21(13-20)37(41)42/h6-13,17-18,22,26,35-36,38H,14-16H2,1-5H3. The van der Waals surface area contributed by atoms with Gasteiger partial charge in [-0.05, 0) is 43.7 Å². The van der Waals surface area contributed by atoms with Crippen molar-refractivity contribution < 1.29 is 51.7 Å². The Morgan fingerprint density at radius 1 is 1.04 bits per heavy atom. The van der Waals surface area contributed by atoms with Crippen LogP contribution in [0.5, 0.6) is 11.5 Å². The second-order valence-electron chi connectivity index (χ2n) is 10.8. The Bertz CT molecular complexity index is 1470. The first-order valence-electron chi connectivity index (χ1n) is 14.2. The summed E-state index contributed by atoms with van der Waals surface area (Å²) in [6.07, 6.45) is -6.50. The van der Waals surface area contributed by atoms with Gasteiger partial charge in [-0.2, -0.15) is 13.2 Å². The van der Waals surface area contributed by atoms with Crippen LogP contribution in [0, 0.1) is 10.1 Å². The number of hydrogen-bond acceptors (Lipinski definition) is 11. The molecule has 0 saturated heterocycles. The lowest BCUT2D eigenvalue weighted by atomic mass is 9.80. The average molecular weight is 652 g/mol. The molecule has 0 amide bonds. The van der Waals surface area contributed by atoms with Gasteiger partial charge in [0.1, 0.15) is 42.6 Å². The van der Waals surface area contributed by atoms with Crippen LogP contribution >= 0.6 is 0 Å². The number of aliphatic hydroxyl groups is 1. The van der Waals surface area contributed by atoms with Crippen LogP contribution in [0.15, 0.2) is 71.1 Å². The number of alkyl halides is 3. The zero-order chi connectivity index (χ0) is 34.2. The number of nitro benzene ring substituents is 1. The number of nitrogens with zero attached hydrogens (tertiary/aromatic N) is 1. The molecule has 12 nitrogen and oxygen atoms in total. The van der Waals surface area contributed by atoms with Crippen molar-refractivity contribution in [1.29, 1.82) is 0 Å². The molecule has 250 valence electrons. The maximum Gasteiger partial charge on any atom is 0.431 e. The summed E-state index contributed by atoms with van der Waals surface area (Å²) in [5.74, 6) is -3.29. The highest BCUT2D eigenvalue weighted by molar-refractivity contribution is 6.00. The van der Waals surface area contributed by atoms with E-state index in [1.807, 2.05) is 13.8 Å². The summed E-state index contributed by atoms with van der Waals surface area (Å²) in [4.78, 5) is 36.9. The Kier molecular flexibility index (Phi) is 12.1. The van der Waals surface area contributed by atoms with Gasteiger partial charge in [0.25, 0.3) is 5.69 Å². The summed E-state index contributed by atoms with van der Waals surface area (Å²) in [6, 6.07) is 11.3. The molecule has 0 aromatic heterocycles. The highest BCUT2D eigenvalue weighted by atomic mass is 19.4. The maximum atomic E-state index is 14.1. The van der Waals surface area contributed by atoms with E-state index in [1.54, 1.807) is 31.2 Å². The number of dihydropyridines is 1. The molecule has 0 saturated carbocycles. The van der Waals surface area contributed by atoms with E-state index >= 15 is 0 Å². The first-order valence-corrected chi connectivity index (χ1v) is 14.2. The number of esters is 2. The fraction of sp³-hybridized carbons (Fsp3) is 0.419. The molecule has 15 heteroatoms. The summed E-state index contributed by atoms with van der Waals surface area (Å²) in [5, 5.41) is 26.6. The van der Waals surface area contributed by atoms with Crippen LogP contribution in [0.25, 0.3) is 0 Å². The molecular formula is C31H36F3N3O9. The smallest absolute Gasteiger partial charge is 0.431 e. The van der Waals surface area contributed by atoms with Crippen molar-refractivity contribution >= 4 is 17.6 Å². The molecule has 3 rings (SSSR count). The third kappa shape index (κ3) is 9.44. The molecule has 0 aliphatic carbocycles. The van der Waals surface area contributed by atoms with Crippen LogP contribution < -0.4 is 20.1 Å². The second-order valence-corrected chi connectivity index (χ2v) is 10.8. The third-order valence-electron chi connectivity index (χ3n) is 6.70. The molecule has 1 aliphatic rings. The quantitative estimate of drug-likeness (QED) is 0.152. The summed E-state index contributed by atoms with van der Waals surface area (Å²) < 4.78 is 63.7. The molecule has 3 unspecified atom stereocenters. The second kappa shape index (κ2) is 15.6. The molecule has 1 heterocycles. The van der Waals surface area contributed by atoms with Gasteiger partial charge in [0.05, 0.1) is 29.1 Å². The summed E-state index contributed by atoms with van der Waals surface area (Å²) in [5.41, 5.74) is -3.64. The Morgan fingerprint density at radius 3 is 2.28 bits per heavy atom. The highest BCUT2D eigenvalue weighted by Crippen LogP contribution is 2.44. The van der Waals surface area contributed by atoms with Gasteiger partial charge in [0.2, 0.25) is 0 Å². The number of halogens is 3. The number of nitrogens with one attached hydrogen (secondary N) is 2. The minimum Gasteiger partial charge on any atom is -0.491 e. The number of carbonyl (C=O) groups excluding carboxylic acids is 2. The maximum absolute atomic E-state index is 14.1. The van der Waals surface area contributed by atoms with Crippen molar-refractivity contribution in [3.8, 4) is 11.5 Å². The molecule has 0 spiro atoms. The molecular weight excluding hydrogens is 615 g/mol. The van der Waals surface area contributed by atoms with Crippen LogP contribution in [0.4, 0.5) is 18.9 Å². The van der Waals surface area contributed by atoms with E-state index in [2.05, 4.69) is 15.4 Å². The van der Waals surface area contributed by atoms with Gasteiger partial charge in [-0.25, -0.2) is 9.59 Å². The molecule has 1 aliphatic heterocycles. The predicted molar refractivity (Wildman–Crippen MR) is 159 cm³/mol. The summed E-state index contributed by atoms with van der Waals surface area (Å²) in [7, 11) is 0.878. The number of nitro groups is 1. The van der Waals surface area contributed by atoms with Gasteiger partial charge in [-0.3, -0.25) is 10.1 Å². The minimum absolute atomic E-state index is 0.0745.